The van der Waals surface area contributed by atoms with E-state index < -0.39 is 0 Å². The first-order chi connectivity index (χ1) is 11.8. The maximum atomic E-state index is 13.0. The van der Waals surface area contributed by atoms with Crippen molar-refractivity contribution < 1.29 is 9.53 Å². The standard InChI is InChI=1S/C20H26N2O2/c23-20(17-9-15-3-1-2-4-16(15)10-17)21-7-8-22-18(11-21)12-24-13-19(22)14-5-6-14/h1-4,14,17-19H,5-13H2/t18-,19-/m1/s1. The van der Waals surface area contributed by atoms with Crippen molar-refractivity contribution >= 4 is 5.91 Å². The minimum absolute atomic E-state index is 0.151. The molecule has 4 heteroatoms. The number of hydrogen-bond donors (Lipinski definition) is 0. The molecule has 1 amide bonds. The van der Waals surface area contributed by atoms with Gasteiger partial charge in [-0.2, -0.15) is 0 Å². The highest BCUT2D eigenvalue weighted by Gasteiger charge is 2.44. The molecule has 0 aromatic heterocycles. The fraction of sp³-hybridized carbons (Fsp3) is 0.650. The van der Waals surface area contributed by atoms with Gasteiger partial charge in [-0.25, -0.2) is 0 Å². The highest BCUT2D eigenvalue weighted by molar-refractivity contribution is 5.80. The Labute approximate surface area is 143 Å². The van der Waals surface area contributed by atoms with Gasteiger partial charge in [0.25, 0.3) is 0 Å². The van der Waals surface area contributed by atoms with Crippen molar-refractivity contribution in [3.8, 4) is 0 Å². The normalized spacial score (nSPS) is 30.9. The number of carbonyl (C=O) groups is 1. The SMILES string of the molecule is O=C(C1Cc2ccccc2C1)N1CCN2[C@@H](COC[C@@H]2C2CC2)C1. The van der Waals surface area contributed by atoms with Crippen LogP contribution in [0.2, 0.25) is 0 Å². The van der Waals surface area contributed by atoms with Crippen molar-refractivity contribution in [2.45, 2.75) is 37.8 Å². The molecule has 2 aliphatic carbocycles. The number of ether oxygens (including phenoxy) is 1. The van der Waals surface area contributed by atoms with Crippen LogP contribution in [0.15, 0.2) is 24.3 Å². The minimum Gasteiger partial charge on any atom is -0.378 e. The molecular weight excluding hydrogens is 300 g/mol. The zero-order valence-electron chi connectivity index (χ0n) is 14.2. The largest absolute Gasteiger partial charge is 0.378 e. The van der Waals surface area contributed by atoms with E-state index in [1.807, 2.05) is 0 Å². The third-order valence-electron chi connectivity index (χ3n) is 6.43. The number of benzene rings is 1. The smallest absolute Gasteiger partial charge is 0.226 e. The van der Waals surface area contributed by atoms with E-state index in [0.29, 0.717) is 18.0 Å². The molecule has 0 radical (unpaired) electrons. The van der Waals surface area contributed by atoms with E-state index in [-0.39, 0.29) is 5.92 Å². The third kappa shape index (κ3) is 2.56. The molecular formula is C20H26N2O2. The summed E-state index contributed by atoms with van der Waals surface area (Å²) in [4.78, 5) is 17.8. The van der Waals surface area contributed by atoms with E-state index in [1.54, 1.807) is 0 Å². The number of hydrogen-bond acceptors (Lipinski definition) is 3. The predicted octanol–water partition coefficient (Wildman–Crippen LogP) is 1.72. The Morgan fingerprint density at radius 1 is 1.04 bits per heavy atom. The molecule has 3 fully saturated rings. The number of nitrogens with zero attached hydrogens (tertiary/aromatic N) is 2. The Bertz CT molecular complexity index is 617. The van der Waals surface area contributed by atoms with Gasteiger partial charge in [-0.1, -0.05) is 24.3 Å². The molecule has 2 heterocycles. The van der Waals surface area contributed by atoms with Crippen molar-refractivity contribution in [2.24, 2.45) is 11.8 Å². The predicted molar refractivity (Wildman–Crippen MR) is 91.7 cm³/mol. The summed E-state index contributed by atoms with van der Waals surface area (Å²) in [5.41, 5.74) is 2.73. The van der Waals surface area contributed by atoms with Gasteiger partial charge in [0.2, 0.25) is 5.91 Å². The molecule has 1 aromatic rings. The number of morpholine rings is 1. The van der Waals surface area contributed by atoms with Gasteiger partial charge < -0.3 is 9.64 Å². The van der Waals surface area contributed by atoms with Crippen molar-refractivity contribution in [3.63, 3.8) is 0 Å². The lowest BCUT2D eigenvalue weighted by atomic mass is 10.0. The molecule has 0 bridgehead atoms. The molecule has 128 valence electrons. The topological polar surface area (TPSA) is 32.8 Å². The van der Waals surface area contributed by atoms with Gasteiger partial charge in [0.05, 0.1) is 19.3 Å². The third-order valence-corrected chi connectivity index (χ3v) is 6.43. The van der Waals surface area contributed by atoms with Crippen LogP contribution >= 0.6 is 0 Å². The van der Waals surface area contributed by atoms with Crippen LogP contribution in [0.1, 0.15) is 24.0 Å². The van der Waals surface area contributed by atoms with Crippen LogP contribution in [-0.4, -0.2) is 60.6 Å². The molecule has 0 N–H and O–H groups in total. The Balaban J connectivity index is 1.25. The Morgan fingerprint density at radius 3 is 2.50 bits per heavy atom. The van der Waals surface area contributed by atoms with E-state index in [1.165, 1.54) is 24.0 Å². The summed E-state index contributed by atoms with van der Waals surface area (Å²) in [6.45, 7) is 4.46. The molecule has 4 aliphatic rings. The van der Waals surface area contributed by atoms with Crippen molar-refractivity contribution in [3.05, 3.63) is 35.4 Å². The van der Waals surface area contributed by atoms with Gasteiger partial charge in [-0.15, -0.1) is 0 Å². The summed E-state index contributed by atoms with van der Waals surface area (Å²) in [6.07, 6.45) is 4.56. The summed E-state index contributed by atoms with van der Waals surface area (Å²) in [5.74, 6) is 1.36. The maximum absolute atomic E-state index is 13.0. The first-order valence-electron chi connectivity index (χ1n) is 9.48. The fourth-order valence-electron chi connectivity index (χ4n) is 4.95. The fourth-order valence-corrected chi connectivity index (χ4v) is 4.95. The van der Waals surface area contributed by atoms with Gasteiger partial charge in [0.15, 0.2) is 0 Å². The first kappa shape index (κ1) is 14.9. The van der Waals surface area contributed by atoms with Crippen LogP contribution in [0.25, 0.3) is 0 Å². The van der Waals surface area contributed by atoms with Crippen molar-refractivity contribution in [2.75, 3.05) is 32.8 Å². The molecule has 1 aromatic carbocycles. The Morgan fingerprint density at radius 2 is 1.79 bits per heavy atom. The lowest BCUT2D eigenvalue weighted by Gasteiger charge is -2.48. The van der Waals surface area contributed by atoms with Crippen molar-refractivity contribution in [1.29, 1.82) is 0 Å². The number of rotatable bonds is 2. The van der Waals surface area contributed by atoms with E-state index in [9.17, 15) is 4.79 Å². The monoisotopic (exact) mass is 326 g/mol. The van der Waals surface area contributed by atoms with E-state index in [4.69, 9.17) is 4.74 Å². The average Bonchev–Trinajstić information content (AvgIpc) is 3.38. The summed E-state index contributed by atoms with van der Waals surface area (Å²) in [5, 5.41) is 0. The van der Waals surface area contributed by atoms with Gasteiger partial charge in [-0.05, 0) is 42.7 Å². The summed E-state index contributed by atoms with van der Waals surface area (Å²) in [7, 11) is 0. The molecule has 0 spiro atoms. The molecule has 24 heavy (non-hydrogen) atoms. The van der Waals surface area contributed by atoms with Crippen LogP contribution in [0.3, 0.4) is 0 Å². The second-order valence-electron chi connectivity index (χ2n) is 7.99. The molecule has 4 nitrogen and oxygen atoms in total. The van der Waals surface area contributed by atoms with Gasteiger partial charge in [0, 0.05) is 31.6 Å². The zero-order chi connectivity index (χ0) is 16.1. The molecule has 1 saturated carbocycles. The van der Waals surface area contributed by atoms with Crippen LogP contribution in [0.4, 0.5) is 0 Å². The molecule has 2 aliphatic heterocycles. The molecule has 2 saturated heterocycles. The second kappa shape index (κ2) is 5.85. The van der Waals surface area contributed by atoms with E-state index in [2.05, 4.69) is 34.1 Å². The van der Waals surface area contributed by atoms with Crippen LogP contribution < -0.4 is 0 Å². The second-order valence-corrected chi connectivity index (χ2v) is 7.99. The minimum atomic E-state index is 0.151. The average molecular weight is 326 g/mol. The zero-order valence-corrected chi connectivity index (χ0v) is 14.2. The molecule has 2 atom stereocenters. The van der Waals surface area contributed by atoms with Gasteiger partial charge in [-0.3, -0.25) is 9.69 Å². The Kier molecular flexibility index (Phi) is 3.64. The maximum Gasteiger partial charge on any atom is 0.226 e. The highest BCUT2D eigenvalue weighted by atomic mass is 16.5. The molecule has 0 unspecified atom stereocenters. The van der Waals surface area contributed by atoms with Crippen LogP contribution in [0.5, 0.6) is 0 Å². The first-order valence-corrected chi connectivity index (χ1v) is 9.48. The number of fused-ring (bicyclic) bond motifs is 2. The van der Waals surface area contributed by atoms with E-state index in [0.717, 1.165) is 51.6 Å². The quantitative estimate of drug-likeness (QED) is 0.830. The van der Waals surface area contributed by atoms with Gasteiger partial charge in [0.1, 0.15) is 0 Å². The van der Waals surface area contributed by atoms with Crippen LogP contribution in [0, 0.1) is 11.8 Å². The lowest BCUT2D eigenvalue weighted by Crippen LogP contribution is -2.63. The summed E-state index contributed by atoms with van der Waals surface area (Å²) >= 11 is 0. The van der Waals surface area contributed by atoms with E-state index >= 15 is 0 Å². The Hall–Kier alpha value is -1.39. The number of carbonyl (C=O) groups excluding carboxylic acids is 1. The summed E-state index contributed by atoms with van der Waals surface area (Å²) in [6, 6.07) is 9.54. The number of piperazine rings is 1. The lowest BCUT2D eigenvalue weighted by molar-refractivity contribution is -0.144. The summed E-state index contributed by atoms with van der Waals surface area (Å²) < 4.78 is 5.88. The van der Waals surface area contributed by atoms with Crippen LogP contribution in [-0.2, 0) is 22.4 Å². The number of amides is 1. The van der Waals surface area contributed by atoms with Crippen molar-refractivity contribution in [1.82, 2.24) is 9.80 Å². The molecule has 5 rings (SSSR count). The van der Waals surface area contributed by atoms with Gasteiger partial charge >= 0.3 is 0 Å². The highest BCUT2D eigenvalue weighted by Crippen LogP contribution is 2.38.